The minimum absolute atomic E-state index is 0.851. The van der Waals surface area contributed by atoms with E-state index in [1.54, 1.807) is 0 Å². The van der Waals surface area contributed by atoms with E-state index in [1.165, 1.54) is 5.56 Å². The second-order valence-corrected chi connectivity index (χ2v) is 5.45. The molecule has 0 aliphatic carbocycles. The summed E-state index contributed by atoms with van der Waals surface area (Å²) in [5.74, 6) is 0. The maximum Gasteiger partial charge on any atom is 0.0547 e. The molecule has 1 N–H and O–H groups in total. The Balaban J connectivity index is 1.88. The van der Waals surface area contributed by atoms with E-state index in [2.05, 4.69) is 72.7 Å². The maximum absolute atomic E-state index is 4.72. The van der Waals surface area contributed by atoms with Gasteiger partial charge in [0.25, 0.3) is 0 Å². The molecule has 2 aromatic rings. The predicted octanol–water partition coefficient (Wildman–Crippen LogP) is 3.21. The van der Waals surface area contributed by atoms with Crippen molar-refractivity contribution in [1.29, 1.82) is 0 Å². The molecule has 0 unspecified atom stereocenters. The first-order valence-electron chi connectivity index (χ1n) is 7.66. The van der Waals surface area contributed by atoms with Gasteiger partial charge in [0.05, 0.1) is 11.4 Å². The van der Waals surface area contributed by atoms with Crippen LogP contribution in [0.2, 0.25) is 0 Å². The van der Waals surface area contributed by atoms with Gasteiger partial charge in [-0.3, -0.25) is 9.88 Å². The number of pyridine rings is 1. The van der Waals surface area contributed by atoms with E-state index in [9.17, 15) is 0 Å². The van der Waals surface area contributed by atoms with Gasteiger partial charge >= 0.3 is 0 Å². The predicted molar refractivity (Wildman–Crippen MR) is 87.8 cm³/mol. The molecule has 112 valence electrons. The Morgan fingerprint density at radius 1 is 0.952 bits per heavy atom. The molecule has 0 saturated heterocycles. The number of nitrogens with zero attached hydrogens (tertiary/aromatic N) is 2. The molecular formula is C18H25N3. The van der Waals surface area contributed by atoms with Crippen LogP contribution >= 0.6 is 0 Å². The maximum atomic E-state index is 4.72. The van der Waals surface area contributed by atoms with Crippen LogP contribution in [0.4, 0.5) is 0 Å². The Kier molecular flexibility index (Phi) is 6.38. The third-order valence-corrected chi connectivity index (χ3v) is 3.32. The van der Waals surface area contributed by atoms with Crippen LogP contribution in [0.3, 0.4) is 0 Å². The topological polar surface area (TPSA) is 28.2 Å². The van der Waals surface area contributed by atoms with Crippen LogP contribution in [0.5, 0.6) is 0 Å². The van der Waals surface area contributed by atoms with E-state index in [0.717, 1.165) is 44.0 Å². The third-order valence-electron chi connectivity index (χ3n) is 3.32. The molecule has 0 aliphatic rings. The number of hydrogen-bond donors (Lipinski definition) is 1. The monoisotopic (exact) mass is 283 g/mol. The smallest absolute Gasteiger partial charge is 0.0547 e. The normalized spacial score (nSPS) is 11.0. The summed E-state index contributed by atoms with van der Waals surface area (Å²) in [4.78, 5) is 7.01. The Morgan fingerprint density at radius 3 is 2.48 bits per heavy atom. The van der Waals surface area contributed by atoms with Crippen LogP contribution in [0.1, 0.15) is 30.3 Å². The third kappa shape index (κ3) is 5.66. The highest BCUT2D eigenvalue weighted by atomic mass is 15.1. The minimum atomic E-state index is 0.851. The van der Waals surface area contributed by atoms with Gasteiger partial charge in [0.2, 0.25) is 0 Å². The van der Waals surface area contributed by atoms with E-state index in [4.69, 9.17) is 4.98 Å². The van der Waals surface area contributed by atoms with Crippen molar-refractivity contribution in [2.75, 3.05) is 13.6 Å². The van der Waals surface area contributed by atoms with Crippen molar-refractivity contribution in [3.63, 3.8) is 0 Å². The van der Waals surface area contributed by atoms with Crippen molar-refractivity contribution < 1.29 is 0 Å². The van der Waals surface area contributed by atoms with Crippen LogP contribution in [-0.2, 0) is 19.6 Å². The number of nitrogens with one attached hydrogen (secondary N) is 1. The van der Waals surface area contributed by atoms with Crippen molar-refractivity contribution in [2.24, 2.45) is 0 Å². The fourth-order valence-corrected chi connectivity index (χ4v) is 2.34. The van der Waals surface area contributed by atoms with Crippen molar-refractivity contribution >= 4 is 0 Å². The Labute approximate surface area is 128 Å². The fourth-order valence-electron chi connectivity index (χ4n) is 2.34. The van der Waals surface area contributed by atoms with Gasteiger partial charge in [0, 0.05) is 19.6 Å². The average molecular weight is 283 g/mol. The van der Waals surface area contributed by atoms with Crippen LogP contribution in [0.25, 0.3) is 0 Å². The minimum Gasteiger partial charge on any atom is -0.311 e. The summed E-state index contributed by atoms with van der Waals surface area (Å²) < 4.78 is 0. The molecule has 0 radical (unpaired) electrons. The second kappa shape index (κ2) is 8.55. The van der Waals surface area contributed by atoms with Crippen LogP contribution < -0.4 is 5.32 Å². The van der Waals surface area contributed by atoms with Crippen molar-refractivity contribution in [2.45, 2.75) is 33.0 Å². The summed E-state index contributed by atoms with van der Waals surface area (Å²) in [5.41, 5.74) is 3.58. The summed E-state index contributed by atoms with van der Waals surface area (Å²) in [5, 5.41) is 3.40. The van der Waals surface area contributed by atoms with Gasteiger partial charge in [-0.15, -0.1) is 0 Å². The molecule has 21 heavy (non-hydrogen) atoms. The zero-order valence-electron chi connectivity index (χ0n) is 13.0. The van der Waals surface area contributed by atoms with Gasteiger partial charge in [0.1, 0.15) is 0 Å². The Hall–Kier alpha value is -1.71. The summed E-state index contributed by atoms with van der Waals surface area (Å²) >= 11 is 0. The molecule has 0 aliphatic heterocycles. The number of benzene rings is 1. The van der Waals surface area contributed by atoms with Gasteiger partial charge in [0.15, 0.2) is 0 Å². The van der Waals surface area contributed by atoms with Crippen molar-refractivity contribution in [3.05, 3.63) is 65.5 Å². The van der Waals surface area contributed by atoms with Crippen molar-refractivity contribution in [3.8, 4) is 0 Å². The molecule has 0 saturated carbocycles. The van der Waals surface area contributed by atoms with Gasteiger partial charge in [-0.25, -0.2) is 0 Å². The Morgan fingerprint density at radius 2 is 1.71 bits per heavy atom. The summed E-state index contributed by atoms with van der Waals surface area (Å²) in [6.07, 6.45) is 1.15. The lowest BCUT2D eigenvalue weighted by Gasteiger charge is -2.16. The standard InChI is InChI=1S/C18H25N3/c1-3-12-19-13-17-10-7-11-18(20-17)15-21(2)14-16-8-5-4-6-9-16/h4-11,19H,3,12-15H2,1-2H3. The van der Waals surface area contributed by atoms with Crippen molar-refractivity contribution in [1.82, 2.24) is 15.2 Å². The lowest BCUT2D eigenvalue weighted by atomic mass is 10.2. The molecule has 1 aromatic carbocycles. The largest absolute Gasteiger partial charge is 0.311 e. The lowest BCUT2D eigenvalue weighted by molar-refractivity contribution is 0.314. The van der Waals surface area contributed by atoms with Gasteiger partial charge < -0.3 is 5.32 Å². The molecule has 1 aromatic heterocycles. The molecule has 0 spiro atoms. The quantitative estimate of drug-likeness (QED) is 0.754. The Bertz CT molecular complexity index is 525. The number of aromatic nitrogens is 1. The van der Waals surface area contributed by atoms with E-state index in [-0.39, 0.29) is 0 Å². The highest BCUT2D eigenvalue weighted by molar-refractivity contribution is 5.15. The molecular weight excluding hydrogens is 258 g/mol. The molecule has 2 rings (SSSR count). The molecule has 0 amide bonds. The first kappa shape index (κ1) is 15.7. The lowest BCUT2D eigenvalue weighted by Crippen LogP contribution is -2.19. The van der Waals surface area contributed by atoms with E-state index in [1.807, 2.05) is 0 Å². The fraction of sp³-hybridized carbons (Fsp3) is 0.389. The summed E-state index contributed by atoms with van der Waals surface area (Å²) in [6.45, 7) is 5.89. The highest BCUT2D eigenvalue weighted by Crippen LogP contribution is 2.07. The van der Waals surface area contributed by atoms with Crippen LogP contribution in [0.15, 0.2) is 48.5 Å². The molecule has 3 nitrogen and oxygen atoms in total. The van der Waals surface area contributed by atoms with Gasteiger partial charge in [-0.1, -0.05) is 43.3 Å². The molecule has 3 heteroatoms. The number of rotatable bonds is 8. The molecule has 0 atom stereocenters. The summed E-state index contributed by atoms with van der Waals surface area (Å²) in [6, 6.07) is 16.8. The van der Waals surface area contributed by atoms with E-state index >= 15 is 0 Å². The van der Waals surface area contributed by atoms with Crippen LogP contribution in [0, 0.1) is 0 Å². The molecule has 0 bridgehead atoms. The first-order valence-corrected chi connectivity index (χ1v) is 7.66. The highest BCUT2D eigenvalue weighted by Gasteiger charge is 2.03. The van der Waals surface area contributed by atoms with E-state index in [0.29, 0.717) is 0 Å². The van der Waals surface area contributed by atoms with Crippen LogP contribution in [-0.4, -0.2) is 23.5 Å². The van der Waals surface area contributed by atoms with E-state index < -0.39 is 0 Å². The SMILES string of the molecule is CCCNCc1cccc(CN(C)Cc2ccccc2)n1. The summed E-state index contributed by atoms with van der Waals surface area (Å²) in [7, 11) is 2.14. The molecule has 0 fully saturated rings. The van der Waals surface area contributed by atoms with Gasteiger partial charge in [-0.2, -0.15) is 0 Å². The van der Waals surface area contributed by atoms with Gasteiger partial charge in [-0.05, 0) is 37.7 Å². The zero-order valence-corrected chi connectivity index (χ0v) is 13.0. The first-order chi connectivity index (χ1) is 10.3. The molecule has 1 heterocycles. The number of hydrogen-bond acceptors (Lipinski definition) is 3. The zero-order chi connectivity index (χ0) is 14.9. The second-order valence-electron chi connectivity index (χ2n) is 5.45. The average Bonchev–Trinajstić information content (AvgIpc) is 2.49.